The molecule has 1 unspecified atom stereocenters. The topological polar surface area (TPSA) is 79.1 Å². The summed E-state index contributed by atoms with van der Waals surface area (Å²) in [5, 5.41) is 9.02. The first kappa shape index (κ1) is 16.5. The zero-order chi connectivity index (χ0) is 16.2. The fourth-order valence-electron chi connectivity index (χ4n) is 2.35. The monoisotopic (exact) mass is 322 g/mol. The van der Waals surface area contributed by atoms with Crippen molar-refractivity contribution in [3.05, 3.63) is 18.1 Å². The molecule has 1 fully saturated rings. The molecule has 7 heteroatoms. The largest absolute Gasteiger partial charge is 0.470 e. The Bertz CT molecular complexity index is 585. The molecule has 2 heterocycles. The number of halogens is 1. The number of nitrogens with zero attached hydrogens (tertiary/aromatic N) is 4. The second-order valence-electron chi connectivity index (χ2n) is 5.97. The summed E-state index contributed by atoms with van der Waals surface area (Å²) >= 11 is 5.88. The van der Waals surface area contributed by atoms with E-state index in [0.29, 0.717) is 13.1 Å². The highest BCUT2D eigenvalue weighted by Gasteiger charge is 2.34. The number of rotatable bonds is 4. The molecule has 0 radical (unpaired) electrons. The molecule has 0 aliphatic carbocycles. The molecule has 1 saturated heterocycles. The maximum absolute atomic E-state index is 12.5. The van der Waals surface area contributed by atoms with Crippen molar-refractivity contribution in [3.8, 4) is 11.9 Å². The lowest BCUT2D eigenvalue weighted by molar-refractivity contribution is -0.142. The molecule has 0 spiro atoms. The maximum atomic E-state index is 12.5. The van der Waals surface area contributed by atoms with Crippen LogP contribution in [-0.2, 0) is 4.79 Å². The van der Waals surface area contributed by atoms with Gasteiger partial charge in [-0.05, 0) is 26.7 Å². The number of alkyl halides is 1. The van der Waals surface area contributed by atoms with Gasteiger partial charge in [0.15, 0.2) is 0 Å². The first-order valence-corrected chi connectivity index (χ1v) is 7.74. The predicted octanol–water partition coefficient (Wildman–Crippen LogP) is 1.98. The first-order valence-electron chi connectivity index (χ1n) is 7.21. The molecular weight excluding hydrogens is 304 g/mol. The summed E-state index contributed by atoms with van der Waals surface area (Å²) < 4.78 is 5.78. The van der Waals surface area contributed by atoms with Crippen LogP contribution in [-0.4, -0.2) is 45.8 Å². The fraction of sp³-hybridized carbons (Fsp3) is 0.600. The Labute approximate surface area is 135 Å². The van der Waals surface area contributed by atoms with Crippen molar-refractivity contribution in [3.63, 3.8) is 0 Å². The third-order valence-corrected chi connectivity index (χ3v) is 4.30. The summed E-state index contributed by atoms with van der Waals surface area (Å²) in [6.07, 6.45) is 4.40. The van der Waals surface area contributed by atoms with Crippen LogP contribution >= 0.6 is 11.6 Å². The van der Waals surface area contributed by atoms with E-state index < -0.39 is 5.41 Å². The van der Waals surface area contributed by atoms with Gasteiger partial charge >= 0.3 is 0 Å². The Hall–Kier alpha value is -1.87. The molecule has 2 rings (SSSR count). The predicted molar refractivity (Wildman–Crippen MR) is 81.5 cm³/mol. The van der Waals surface area contributed by atoms with Gasteiger partial charge in [-0.1, -0.05) is 0 Å². The number of nitriles is 1. The lowest BCUT2D eigenvalue weighted by Gasteiger charge is -2.36. The highest BCUT2D eigenvalue weighted by molar-refractivity contribution is 6.19. The summed E-state index contributed by atoms with van der Waals surface area (Å²) in [4.78, 5) is 22.2. The van der Waals surface area contributed by atoms with Gasteiger partial charge in [-0.25, -0.2) is 9.97 Å². The van der Waals surface area contributed by atoms with Gasteiger partial charge in [-0.15, -0.1) is 11.6 Å². The number of piperidine rings is 1. The molecule has 1 aromatic rings. The number of carbonyl (C=O) groups is 1. The van der Waals surface area contributed by atoms with Gasteiger partial charge in [0.05, 0.1) is 12.0 Å². The van der Waals surface area contributed by atoms with Crippen LogP contribution in [0.3, 0.4) is 0 Å². The van der Waals surface area contributed by atoms with Crippen molar-refractivity contribution in [2.45, 2.75) is 32.8 Å². The van der Waals surface area contributed by atoms with Gasteiger partial charge in [-0.2, -0.15) is 5.26 Å². The van der Waals surface area contributed by atoms with E-state index >= 15 is 0 Å². The van der Waals surface area contributed by atoms with Crippen LogP contribution in [0.1, 0.15) is 32.4 Å². The van der Waals surface area contributed by atoms with Crippen molar-refractivity contribution >= 4 is 17.5 Å². The van der Waals surface area contributed by atoms with Crippen molar-refractivity contribution < 1.29 is 9.53 Å². The van der Waals surface area contributed by atoms with Crippen LogP contribution < -0.4 is 4.74 Å². The summed E-state index contributed by atoms with van der Waals surface area (Å²) in [5.74, 6) is 0.521. The molecule has 1 aromatic heterocycles. The van der Waals surface area contributed by atoms with Crippen molar-refractivity contribution in [1.29, 1.82) is 5.26 Å². The third-order valence-electron chi connectivity index (χ3n) is 3.63. The molecule has 1 atom stereocenters. The van der Waals surface area contributed by atoms with E-state index in [-0.39, 0.29) is 29.5 Å². The van der Waals surface area contributed by atoms with Crippen molar-refractivity contribution in [2.24, 2.45) is 5.41 Å². The Morgan fingerprint density at radius 1 is 1.55 bits per heavy atom. The van der Waals surface area contributed by atoms with E-state index in [1.165, 1.54) is 12.4 Å². The molecule has 0 aromatic carbocycles. The second kappa shape index (κ2) is 6.93. The van der Waals surface area contributed by atoms with Gasteiger partial charge in [-0.3, -0.25) is 4.79 Å². The average Bonchev–Trinajstić information content (AvgIpc) is 2.55. The Morgan fingerprint density at radius 3 is 2.95 bits per heavy atom. The molecule has 6 nitrogen and oxygen atoms in total. The smallest absolute Gasteiger partial charge is 0.251 e. The molecule has 22 heavy (non-hydrogen) atoms. The van der Waals surface area contributed by atoms with Gasteiger partial charge in [0.2, 0.25) is 11.6 Å². The Morgan fingerprint density at radius 2 is 2.27 bits per heavy atom. The number of aromatic nitrogens is 2. The van der Waals surface area contributed by atoms with Gasteiger partial charge in [0.1, 0.15) is 12.2 Å². The first-order chi connectivity index (χ1) is 10.5. The molecule has 0 saturated carbocycles. The van der Waals surface area contributed by atoms with Crippen molar-refractivity contribution in [2.75, 3.05) is 19.0 Å². The van der Waals surface area contributed by atoms with E-state index in [0.717, 1.165) is 12.8 Å². The standard InChI is InChI=1S/C15H19ClN4O2/c1-15(2,10-16)14(21)20-7-3-4-11(9-20)22-13-12(8-17)18-5-6-19-13/h5-6,11H,3-4,7,9-10H2,1-2H3. The number of hydrogen-bond donors (Lipinski definition) is 0. The molecule has 0 N–H and O–H groups in total. The molecule has 1 aliphatic rings. The minimum absolute atomic E-state index is 0.0236. The van der Waals surface area contributed by atoms with Crippen LogP contribution in [0.15, 0.2) is 12.4 Å². The highest BCUT2D eigenvalue weighted by Crippen LogP contribution is 2.25. The van der Waals surface area contributed by atoms with Crippen molar-refractivity contribution in [1.82, 2.24) is 14.9 Å². The van der Waals surface area contributed by atoms with Crippen LogP contribution in [0.5, 0.6) is 5.88 Å². The van der Waals surface area contributed by atoms with Crippen LogP contribution in [0.4, 0.5) is 0 Å². The van der Waals surface area contributed by atoms with E-state index in [1.54, 1.807) is 4.90 Å². The third kappa shape index (κ3) is 3.66. The zero-order valence-electron chi connectivity index (χ0n) is 12.8. The van der Waals surface area contributed by atoms with Gasteiger partial charge in [0, 0.05) is 24.8 Å². The minimum atomic E-state index is -0.589. The summed E-state index contributed by atoms with van der Waals surface area (Å²) in [5.41, 5.74) is -0.430. The average molecular weight is 323 g/mol. The summed E-state index contributed by atoms with van der Waals surface area (Å²) in [6, 6.07) is 1.96. The fourth-order valence-corrected chi connectivity index (χ4v) is 2.46. The second-order valence-corrected chi connectivity index (χ2v) is 6.24. The molecular formula is C15H19ClN4O2. The summed E-state index contributed by atoms with van der Waals surface area (Å²) in [7, 11) is 0. The number of hydrogen-bond acceptors (Lipinski definition) is 5. The highest BCUT2D eigenvalue weighted by atomic mass is 35.5. The lowest BCUT2D eigenvalue weighted by atomic mass is 9.93. The lowest BCUT2D eigenvalue weighted by Crippen LogP contribution is -2.49. The molecule has 1 aliphatic heterocycles. The number of amides is 1. The summed E-state index contributed by atoms with van der Waals surface area (Å²) in [6.45, 7) is 4.84. The van der Waals surface area contributed by atoms with Crippen LogP contribution in [0.2, 0.25) is 0 Å². The van der Waals surface area contributed by atoms with Crippen LogP contribution in [0.25, 0.3) is 0 Å². The Balaban J connectivity index is 2.05. The van der Waals surface area contributed by atoms with E-state index in [1.807, 2.05) is 19.9 Å². The molecule has 0 bridgehead atoms. The molecule has 118 valence electrons. The maximum Gasteiger partial charge on any atom is 0.251 e. The Kier molecular flexibility index (Phi) is 5.19. The quantitative estimate of drug-likeness (QED) is 0.792. The minimum Gasteiger partial charge on any atom is -0.470 e. The van der Waals surface area contributed by atoms with Gasteiger partial charge < -0.3 is 9.64 Å². The zero-order valence-corrected chi connectivity index (χ0v) is 13.5. The van der Waals surface area contributed by atoms with E-state index in [4.69, 9.17) is 21.6 Å². The van der Waals surface area contributed by atoms with Crippen LogP contribution in [0, 0.1) is 16.7 Å². The number of ether oxygens (including phenoxy) is 1. The van der Waals surface area contributed by atoms with E-state index in [9.17, 15) is 4.79 Å². The van der Waals surface area contributed by atoms with Gasteiger partial charge in [0.25, 0.3) is 5.88 Å². The SMILES string of the molecule is CC(C)(CCl)C(=O)N1CCCC(Oc2nccnc2C#N)C1. The number of likely N-dealkylation sites (tertiary alicyclic amines) is 1. The number of carbonyl (C=O) groups excluding carboxylic acids is 1. The van der Waals surface area contributed by atoms with E-state index in [2.05, 4.69) is 9.97 Å². The molecule has 1 amide bonds. The normalized spacial score (nSPS) is 18.6.